The van der Waals surface area contributed by atoms with Crippen LogP contribution in [0.5, 0.6) is 11.5 Å². The topological polar surface area (TPSA) is 107 Å². The lowest BCUT2D eigenvalue weighted by Gasteiger charge is -2.31. The van der Waals surface area contributed by atoms with Gasteiger partial charge in [-0.2, -0.15) is 0 Å². The molecule has 3 heterocycles. The van der Waals surface area contributed by atoms with Gasteiger partial charge in [-0.25, -0.2) is 9.18 Å². The lowest BCUT2D eigenvalue weighted by Crippen LogP contribution is -2.30. The van der Waals surface area contributed by atoms with E-state index in [4.69, 9.17) is 15.6 Å². The van der Waals surface area contributed by atoms with E-state index in [1.807, 2.05) is 11.8 Å². The molecule has 0 radical (unpaired) electrons. The minimum absolute atomic E-state index is 0.0232. The normalized spacial score (nSPS) is 21.7. The maximum Gasteiger partial charge on any atom is 0.511 e. The molecule has 2 atom stereocenters. The van der Waals surface area contributed by atoms with Crippen molar-refractivity contribution >= 4 is 22.7 Å². The van der Waals surface area contributed by atoms with Crippen LogP contribution >= 0.6 is 0 Å². The first-order valence-corrected chi connectivity index (χ1v) is 8.32. The SMILES string of the molecule is C[C@H]1COc2c(N3CC[C@H](N)C3)c(F)cc3c(=O)c(OC(=O)O)cn1c23. The second-order valence-electron chi connectivity index (χ2n) is 6.68. The molecule has 4 rings (SSSR count). The molecule has 2 aliphatic rings. The summed E-state index contributed by atoms with van der Waals surface area (Å²) < 4.78 is 27.0. The Bertz CT molecular complexity index is 973. The Labute approximate surface area is 147 Å². The summed E-state index contributed by atoms with van der Waals surface area (Å²) in [6, 6.07) is 0.890. The van der Waals surface area contributed by atoms with Gasteiger partial charge in [-0.3, -0.25) is 4.79 Å². The number of nitrogens with zero attached hydrogens (tertiary/aromatic N) is 2. The molecule has 138 valence electrons. The minimum Gasteiger partial charge on any atom is -0.487 e. The number of benzene rings is 1. The number of rotatable bonds is 2. The molecule has 0 bridgehead atoms. The molecule has 0 unspecified atom stereocenters. The third-order valence-electron chi connectivity index (χ3n) is 4.85. The van der Waals surface area contributed by atoms with Crippen LogP contribution in [0.4, 0.5) is 14.9 Å². The first-order valence-electron chi connectivity index (χ1n) is 8.32. The number of ether oxygens (including phenoxy) is 2. The third-order valence-corrected chi connectivity index (χ3v) is 4.85. The zero-order chi connectivity index (χ0) is 18.6. The van der Waals surface area contributed by atoms with Crippen molar-refractivity contribution in [3.63, 3.8) is 0 Å². The smallest absolute Gasteiger partial charge is 0.487 e. The van der Waals surface area contributed by atoms with Crippen molar-refractivity contribution in [3.8, 4) is 11.5 Å². The van der Waals surface area contributed by atoms with Gasteiger partial charge >= 0.3 is 6.16 Å². The van der Waals surface area contributed by atoms with Crippen LogP contribution in [0.3, 0.4) is 0 Å². The average molecular weight is 363 g/mol. The Balaban J connectivity index is 2.01. The molecule has 0 saturated carbocycles. The Morgan fingerprint density at radius 3 is 2.92 bits per heavy atom. The van der Waals surface area contributed by atoms with Gasteiger partial charge < -0.3 is 29.8 Å². The van der Waals surface area contributed by atoms with Crippen molar-refractivity contribution in [2.75, 3.05) is 24.6 Å². The summed E-state index contributed by atoms with van der Waals surface area (Å²) in [4.78, 5) is 25.3. The van der Waals surface area contributed by atoms with Gasteiger partial charge in [-0.05, 0) is 19.4 Å². The summed E-state index contributed by atoms with van der Waals surface area (Å²) in [5, 5.41) is 8.86. The van der Waals surface area contributed by atoms with Gasteiger partial charge in [0, 0.05) is 19.1 Å². The van der Waals surface area contributed by atoms with Crippen LogP contribution in [0.25, 0.3) is 10.9 Å². The van der Waals surface area contributed by atoms with Gasteiger partial charge in [0.25, 0.3) is 0 Å². The van der Waals surface area contributed by atoms with Crippen LogP contribution in [0, 0.1) is 5.82 Å². The average Bonchev–Trinajstić information content (AvgIpc) is 2.99. The van der Waals surface area contributed by atoms with Crippen LogP contribution in [-0.4, -0.2) is 41.6 Å². The zero-order valence-electron chi connectivity index (χ0n) is 14.1. The fourth-order valence-corrected chi connectivity index (χ4v) is 3.64. The fraction of sp³-hybridized carbons (Fsp3) is 0.412. The van der Waals surface area contributed by atoms with E-state index in [9.17, 15) is 14.0 Å². The molecule has 26 heavy (non-hydrogen) atoms. The molecule has 1 saturated heterocycles. The number of halogens is 1. The van der Waals surface area contributed by atoms with Gasteiger partial charge in [0.15, 0.2) is 17.3 Å². The van der Waals surface area contributed by atoms with Crippen molar-refractivity contribution in [1.82, 2.24) is 4.57 Å². The third kappa shape index (κ3) is 2.47. The zero-order valence-corrected chi connectivity index (χ0v) is 14.1. The van der Waals surface area contributed by atoms with Crippen LogP contribution in [-0.2, 0) is 0 Å². The first kappa shape index (κ1) is 16.6. The van der Waals surface area contributed by atoms with E-state index in [0.29, 0.717) is 18.6 Å². The lowest BCUT2D eigenvalue weighted by atomic mass is 10.1. The summed E-state index contributed by atoms with van der Waals surface area (Å²) in [5.74, 6) is -0.682. The van der Waals surface area contributed by atoms with E-state index >= 15 is 0 Å². The van der Waals surface area contributed by atoms with Gasteiger partial charge in [0.1, 0.15) is 12.3 Å². The predicted molar refractivity (Wildman–Crippen MR) is 91.8 cm³/mol. The van der Waals surface area contributed by atoms with Crippen LogP contribution in [0.2, 0.25) is 0 Å². The predicted octanol–water partition coefficient (Wildman–Crippen LogP) is 1.69. The van der Waals surface area contributed by atoms with Crippen molar-refractivity contribution in [2.24, 2.45) is 5.73 Å². The molecule has 0 aliphatic carbocycles. The molecule has 1 aromatic heterocycles. The number of pyridine rings is 1. The Kier molecular flexibility index (Phi) is 3.76. The van der Waals surface area contributed by atoms with Gasteiger partial charge in [0.2, 0.25) is 5.43 Å². The molecular formula is C17H18FN3O5. The molecule has 1 fully saturated rings. The molecule has 2 aromatic rings. The highest BCUT2D eigenvalue weighted by Crippen LogP contribution is 2.43. The summed E-state index contributed by atoms with van der Waals surface area (Å²) in [6.07, 6.45) is 0.482. The maximum absolute atomic E-state index is 14.9. The van der Waals surface area contributed by atoms with Crippen LogP contribution in [0.15, 0.2) is 17.1 Å². The molecule has 2 aliphatic heterocycles. The Morgan fingerprint density at radius 2 is 2.27 bits per heavy atom. The second kappa shape index (κ2) is 5.87. The standard InChI is InChI=1S/C17H18FN3O5/c1-8-7-25-16-13-10(15(22)12(6-21(8)13)26-17(23)24)4-11(18)14(16)20-3-2-9(19)5-20/h4,6,8-9H,2-3,5,7,19H2,1H3,(H,23,24)/t8-,9-/m0/s1. The molecule has 1 aromatic carbocycles. The number of nitrogens with two attached hydrogens (primary N) is 1. The molecule has 9 heteroatoms. The summed E-state index contributed by atoms with van der Waals surface area (Å²) in [7, 11) is 0. The van der Waals surface area contributed by atoms with Gasteiger partial charge in [-0.1, -0.05) is 0 Å². The van der Waals surface area contributed by atoms with Crippen molar-refractivity contribution in [2.45, 2.75) is 25.4 Å². The molecular weight excluding hydrogens is 345 g/mol. The van der Waals surface area contributed by atoms with E-state index < -0.39 is 17.4 Å². The van der Waals surface area contributed by atoms with E-state index in [-0.39, 0.29) is 41.3 Å². The largest absolute Gasteiger partial charge is 0.511 e. The summed E-state index contributed by atoms with van der Waals surface area (Å²) in [6.45, 7) is 3.21. The van der Waals surface area contributed by atoms with Crippen molar-refractivity contribution in [3.05, 3.63) is 28.3 Å². The highest BCUT2D eigenvalue weighted by Gasteiger charge is 2.32. The maximum atomic E-state index is 14.9. The number of hydrogen-bond donors (Lipinski definition) is 2. The van der Waals surface area contributed by atoms with E-state index in [0.717, 1.165) is 12.5 Å². The fourth-order valence-electron chi connectivity index (χ4n) is 3.64. The minimum atomic E-state index is -1.60. The number of hydrogen-bond acceptors (Lipinski definition) is 6. The quantitative estimate of drug-likeness (QED) is 0.782. The van der Waals surface area contributed by atoms with Crippen LogP contribution in [0.1, 0.15) is 19.4 Å². The highest BCUT2D eigenvalue weighted by molar-refractivity contribution is 5.93. The monoisotopic (exact) mass is 363 g/mol. The highest BCUT2D eigenvalue weighted by atomic mass is 19.1. The van der Waals surface area contributed by atoms with E-state index in [1.165, 1.54) is 6.20 Å². The summed E-state index contributed by atoms with van der Waals surface area (Å²) >= 11 is 0. The molecule has 3 N–H and O–H groups in total. The second-order valence-corrected chi connectivity index (χ2v) is 6.68. The van der Waals surface area contributed by atoms with Gasteiger partial charge in [-0.15, -0.1) is 0 Å². The molecule has 8 nitrogen and oxygen atoms in total. The summed E-state index contributed by atoms with van der Waals surface area (Å²) in [5.41, 5.74) is 5.97. The van der Waals surface area contributed by atoms with Crippen molar-refractivity contribution in [1.29, 1.82) is 0 Å². The molecule has 0 amide bonds. The van der Waals surface area contributed by atoms with Crippen molar-refractivity contribution < 1.29 is 23.8 Å². The number of aromatic nitrogens is 1. The first-order chi connectivity index (χ1) is 12.4. The van der Waals surface area contributed by atoms with E-state index in [2.05, 4.69) is 4.74 Å². The van der Waals surface area contributed by atoms with Gasteiger partial charge in [0.05, 0.1) is 23.1 Å². The Hall–Kier alpha value is -2.81. The number of carboxylic acid groups (broad SMARTS) is 1. The van der Waals surface area contributed by atoms with Crippen LogP contribution < -0.4 is 25.5 Å². The lowest BCUT2D eigenvalue weighted by molar-refractivity contribution is 0.143. The number of carbonyl (C=O) groups is 1. The number of anilines is 1. The van der Waals surface area contributed by atoms with E-state index in [1.54, 1.807) is 4.57 Å². The molecule has 0 spiro atoms. The Morgan fingerprint density at radius 1 is 1.50 bits per heavy atom.